The molecule has 0 spiro atoms. The fourth-order valence-electron chi connectivity index (χ4n) is 6.31. The minimum Gasteiger partial charge on any atom is -0.383 e. The van der Waals surface area contributed by atoms with E-state index in [2.05, 4.69) is 25.4 Å². The number of amides is 5. The average Bonchev–Trinajstić information content (AvgIpc) is 3.30. The maximum Gasteiger partial charge on any atom is 0.271 e. The molecule has 4 aliphatic rings. The second-order valence-corrected chi connectivity index (χ2v) is 12.1. The predicted molar refractivity (Wildman–Crippen MR) is 165 cm³/mol. The van der Waals surface area contributed by atoms with Crippen molar-refractivity contribution in [3.05, 3.63) is 82.1 Å². The van der Waals surface area contributed by atoms with Crippen LogP contribution in [0.1, 0.15) is 47.3 Å². The number of piperidine rings is 1. The summed E-state index contributed by atoms with van der Waals surface area (Å²) in [6, 6.07) is 7.79. The van der Waals surface area contributed by atoms with E-state index in [9.17, 15) is 24.0 Å². The molecule has 2 aromatic rings. The van der Waals surface area contributed by atoms with Crippen LogP contribution >= 0.6 is 0 Å². The molecule has 2 N–H and O–H groups in total. The van der Waals surface area contributed by atoms with Gasteiger partial charge in [0.1, 0.15) is 17.6 Å². The molecule has 12 nitrogen and oxygen atoms in total. The molecule has 0 bridgehead atoms. The van der Waals surface area contributed by atoms with E-state index in [1.165, 1.54) is 11.0 Å². The highest BCUT2D eigenvalue weighted by molar-refractivity contribution is 6.26. The number of carbonyl (C=O) groups is 5. The Labute approximate surface area is 265 Å². The van der Waals surface area contributed by atoms with E-state index in [1.807, 2.05) is 12.1 Å². The highest BCUT2D eigenvalue weighted by Crippen LogP contribution is 2.35. The molecule has 1 aromatic carbocycles. The van der Waals surface area contributed by atoms with Crippen LogP contribution < -0.4 is 15.5 Å². The number of carbonyl (C=O) groups excluding carboxylic acids is 5. The number of piperazine rings is 1. The number of benzene rings is 1. The summed E-state index contributed by atoms with van der Waals surface area (Å²) in [5.41, 5.74) is 3.65. The number of imide groups is 2. The molecule has 0 radical (unpaired) electrons. The van der Waals surface area contributed by atoms with Gasteiger partial charge >= 0.3 is 0 Å². The van der Waals surface area contributed by atoms with Crippen LogP contribution in [-0.2, 0) is 32.3 Å². The molecule has 1 atom stereocenters. The number of anilines is 1. The van der Waals surface area contributed by atoms with Gasteiger partial charge in [-0.05, 0) is 43.0 Å². The Hall–Kier alpha value is -4.91. The van der Waals surface area contributed by atoms with Crippen LogP contribution in [0.15, 0.2) is 59.4 Å². The van der Waals surface area contributed by atoms with Gasteiger partial charge < -0.3 is 15.1 Å². The quantitative estimate of drug-likeness (QED) is 0.417. The fourth-order valence-corrected chi connectivity index (χ4v) is 6.31. The van der Waals surface area contributed by atoms with Gasteiger partial charge in [0.15, 0.2) is 0 Å². The Morgan fingerprint density at radius 2 is 1.83 bits per heavy atom. The molecule has 13 heteroatoms. The predicted octanol–water partition coefficient (Wildman–Crippen LogP) is 1.48. The summed E-state index contributed by atoms with van der Waals surface area (Å²) >= 11 is 0. The van der Waals surface area contributed by atoms with Crippen molar-refractivity contribution in [3.8, 4) is 0 Å². The van der Waals surface area contributed by atoms with Crippen molar-refractivity contribution in [2.45, 2.75) is 44.8 Å². The Morgan fingerprint density at radius 3 is 2.50 bits per heavy atom. The molecule has 1 aromatic heterocycles. The number of hydrogen-bond acceptors (Lipinski definition) is 9. The van der Waals surface area contributed by atoms with Crippen molar-refractivity contribution in [3.63, 3.8) is 0 Å². The zero-order valence-electron chi connectivity index (χ0n) is 25.8. The number of fused-ring (bicyclic) bond motifs is 1. The monoisotopic (exact) mass is 629 g/mol. The maximum atomic E-state index is 15.2. The summed E-state index contributed by atoms with van der Waals surface area (Å²) in [6.45, 7) is 3.87. The number of aromatic nitrogens is 1. The van der Waals surface area contributed by atoms with Gasteiger partial charge in [0.25, 0.3) is 17.7 Å². The van der Waals surface area contributed by atoms with Gasteiger partial charge in [0.2, 0.25) is 11.8 Å². The molecule has 3 aliphatic heterocycles. The summed E-state index contributed by atoms with van der Waals surface area (Å²) in [5, 5.41) is 5.39. The van der Waals surface area contributed by atoms with Crippen LogP contribution in [0.4, 0.5) is 10.1 Å². The third-order valence-electron chi connectivity index (χ3n) is 8.84. The summed E-state index contributed by atoms with van der Waals surface area (Å²) in [6.07, 6.45) is 4.56. The molecule has 4 heterocycles. The Kier molecular flexibility index (Phi) is 8.67. The van der Waals surface area contributed by atoms with E-state index >= 15 is 4.39 Å². The molecular weight excluding hydrogens is 593 g/mol. The lowest BCUT2D eigenvalue weighted by Gasteiger charge is -2.36. The summed E-state index contributed by atoms with van der Waals surface area (Å²) in [4.78, 5) is 73.8. The van der Waals surface area contributed by atoms with Gasteiger partial charge in [-0.1, -0.05) is 18.2 Å². The number of allylic oxidation sites excluding steroid dienone is 2. The number of nitrogens with zero attached hydrogens (tertiary/aromatic N) is 5. The number of rotatable bonds is 8. The first kappa shape index (κ1) is 31.1. The van der Waals surface area contributed by atoms with Crippen LogP contribution in [0.2, 0.25) is 0 Å². The van der Waals surface area contributed by atoms with Crippen molar-refractivity contribution in [1.29, 1.82) is 0 Å². The van der Waals surface area contributed by atoms with Crippen molar-refractivity contribution >= 4 is 35.2 Å². The van der Waals surface area contributed by atoms with Crippen molar-refractivity contribution < 1.29 is 28.4 Å². The molecule has 0 saturated carbocycles. The van der Waals surface area contributed by atoms with Crippen molar-refractivity contribution in [2.75, 3.05) is 45.2 Å². The van der Waals surface area contributed by atoms with E-state index in [0.29, 0.717) is 36.3 Å². The lowest BCUT2D eigenvalue weighted by atomic mass is 9.96. The smallest absolute Gasteiger partial charge is 0.271 e. The second kappa shape index (κ2) is 12.8. The Morgan fingerprint density at radius 1 is 1.04 bits per heavy atom. The van der Waals surface area contributed by atoms with Crippen LogP contribution in [0.5, 0.6) is 0 Å². The second-order valence-electron chi connectivity index (χ2n) is 12.1. The van der Waals surface area contributed by atoms with E-state index in [4.69, 9.17) is 0 Å². The number of pyridine rings is 1. The Bertz CT molecular complexity index is 1660. The standard InChI is InChI=1S/C33H36FN7O5/c1-38(2)32(45)26-9-8-22(18-36-26)40-14-12-39(13-15-40)19-20-6-7-21(24(34)16-20)17-35-25-5-3-4-23-29(25)33(46)41(31(23)44)27-10-11-28(42)37-30(27)43/h4,6-9,16,18,27,35H,3,5,10-15,17,19H2,1-2H3,(H,37,42,43). The lowest BCUT2D eigenvalue weighted by Crippen LogP contribution is -2.54. The molecule has 6 rings (SSSR count). The van der Waals surface area contributed by atoms with Crippen molar-refractivity contribution in [2.24, 2.45) is 0 Å². The summed E-state index contributed by atoms with van der Waals surface area (Å²) in [5.74, 6) is -2.70. The van der Waals surface area contributed by atoms with Crippen LogP contribution in [0, 0.1) is 5.82 Å². The first-order valence-electron chi connectivity index (χ1n) is 15.4. The van der Waals surface area contributed by atoms with Crippen molar-refractivity contribution in [1.82, 2.24) is 30.3 Å². The largest absolute Gasteiger partial charge is 0.383 e. The summed E-state index contributed by atoms with van der Waals surface area (Å²) in [7, 11) is 3.39. The molecule has 240 valence electrons. The van der Waals surface area contributed by atoms with E-state index in [0.717, 1.165) is 42.3 Å². The van der Waals surface area contributed by atoms with E-state index < -0.39 is 29.7 Å². The first-order valence-corrected chi connectivity index (χ1v) is 15.4. The van der Waals surface area contributed by atoms with E-state index in [1.54, 1.807) is 38.5 Å². The molecule has 1 unspecified atom stereocenters. The molecule has 5 amide bonds. The number of halogens is 1. The van der Waals surface area contributed by atoms with Crippen LogP contribution in [0.3, 0.4) is 0 Å². The average molecular weight is 630 g/mol. The highest BCUT2D eigenvalue weighted by Gasteiger charge is 2.48. The number of likely N-dealkylation sites (tertiary alicyclic amines) is 1. The fraction of sp³-hybridized carbons (Fsp3) is 0.394. The van der Waals surface area contributed by atoms with Gasteiger partial charge in [-0.25, -0.2) is 9.37 Å². The molecule has 46 heavy (non-hydrogen) atoms. The van der Waals surface area contributed by atoms with Gasteiger partial charge in [-0.2, -0.15) is 0 Å². The van der Waals surface area contributed by atoms with Crippen LogP contribution in [-0.4, -0.2) is 95.5 Å². The van der Waals surface area contributed by atoms with Gasteiger partial charge in [0, 0.05) is 71.0 Å². The van der Waals surface area contributed by atoms with Gasteiger partial charge in [0.05, 0.1) is 23.0 Å². The number of nitrogens with one attached hydrogen (secondary N) is 2. The topological polar surface area (TPSA) is 135 Å². The zero-order valence-corrected chi connectivity index (χ0v) is 25.8. The SMILES string of the molecule is CN(C)C(=O)c1ccc(N2CCN(Cc3ccc(CNC4=C5C(=O)N(C6CCC(=O)NC6=O)C(=O)C5=CCC4)c(F)c3)CC2)cn1. The van der Waals surface area contributed by atoms with E-state index in [-0.39, 0.29) is 42.3 Å². The summed E-state index contributed by atoms with van der Waals surface area (Å²) < 4.78 is 15.2. The lowest BCUT2D eigenvalue weighted by molar-refractivity contribution is -0.149. The molecule has 3 fully saturated rings. The number of hydrogen-bond donors (Lipinski definition) is 2. The van der Waals surface area contributed by atoms with Gasteiger partial charge in [-0.15, -0.1) is 0 Å². The first-order chi connectivity index (χ1) is 22.1. The third-order valence-corrected chi connectivity index (χ3v) is 8.84. The highest BCUT2D eigenvalue weighted by atomic mass is 19.1. The molecule has 1 aliphatic carbocycles. The molecule has 3 saturated heterocycles. The van der Waals surface area contributed by atoms with Crippen LogP contribution in [0.25, 0.3) is 0 Å². The third kappa shape index (κ3) is 6.14. The normalized spacial score (nSPS) is 20.5. The maximum absolute atomic E-state index is 15.2. The molecular formula is C33H36FN7O5. The zero-order chi connectivity index (χ0) is 32.5. The Balaban J connectivity index is 1.05. The minimum absolute atomic E-state index is 0.0514. The minimum atomic E-state index is -1.03. The van der Waals surface area contributed by atoms with Gasteiger partial charge in [-0.3, -0.25) is 39.1 Å².